The molecule has 1 rings (SSSR count). The highest BCUT2D eigenvalue weighted by molar-refractivity contribution is 5.68. The van der Waals surface area contributed by atoms with Crippen molar-refractivity contribution in [2.45, 2.75) is 51.9 Å². The molecule has 2 unspecified atom stereocenters. The van der Waals surface area contributed by atoms with E-state index >= 15 is 0 Å². The molecule has 1 aromatic rings. The van der Waals surface area contributed by atoms with E-state index in [0.29, 0.717) is 0 Å². The molecule has 146 valence electrons. The lowest BCUT2D eigenvalue weighted by Gasteiger charge is -2.46. The van der Waals surface area contributed by atoms with E-state index in [4.69, 9.17) is 0 Å². The minimum Gasteiger partial charge on any atom is -0.465 e. The Balaban J connectivity index is 3.70. The second kappa shape index (κ2) is 7.43. The van der Waals surface area contributed by atoms with Crippen molar-refractivity contribution >= 4 is 12.2 Å². The van der Waals surface area contributed by atoms with E-state index in [0.717, 1.165) is 12.1 Å². The first-order valence-corrected chi connectivity index (χ1v) is 7.92. The van der Waals surface area contributed by atoms with Gasteiger partial charge in [-0.05, 0) is 29.5 Å². The number of amides is 2. The van der Waals surface area contributed by atoms with Gasteiger partial charge in [-0.2, -0.15) is 13.2 Å². The molecule has 0 saturated heterocycles. The molecule has 0 radical (unpaired) electrons. The zero-order valence-corrected chi connectivity index (χ0v) is 14.9. The van der Waals surface area contributed by atoms with E-state index in [1.165, 1.54) is 12.1 Å². The third-order valence-corrected chi connectivity index (χ3v) is 4.22. The topological polar surface area (TPSA) is 98.7 Å². The molecule has 0 saturated carbocycles. The molecule has 0 aliphatic rings. The predicted molar refractivity (Wildman–Crippen MR) is 89.0 cm³/mol. The van der Waals surface area contributed by atoms with Crippen molar-refractivity contribution in [2.75, 3.05) is 0 Å². The fourth-order valence-electron chi connectivity index (χ4n) is 3.17. The van der Waals surface area contributed by atoms with Crippen LogP contribution in [0.5, 0.6) is 0 Å². The number of halogens is 3. The molecule has 2 amide bonds. The molecule has 4 N–H and O–H groups in total. The maximum Gasteiger partial charge on any atom is 0.416 e. The molecule has 9 heteroatoms. The van der Waals surface area contributed by atoms with E-state index < -0.39 is 40.9 Å². The Morgan fingerprint density at radius 3 is 2.00 bits per heavy atom. The summed E-state index contributed by atoms with van der Waals surface area (Å²) in [4.78, 5) is 22.7. The van der Waals surface area contributed by atoms with Crippen molar-refractivity contribution in [3.63, 3.8) is 0 Å². The summed E-state index contributed by atoms with van der Waals surface area (Å²) in [7, 11) is 0. The standard InChI is InChI=1S/C17H23F3N2O4/c1-5-16(22-14(25)26,12(15(2,3)4)21-13(23)24)10-7-6-8-11(9-10)17(18,19)20/h6-9,12,21-22H,5H2,1-4H3,(H,23,24)(H,25,26). The Morgan fingerprint density at radius 2 is 1.62 bits per heavy atom. The highest BCUT2D eigenvalue weighted by Gasteiger charge is 2.48. The van der Waals surface area contributed by atoms with Gasteiger partial charge in [-0.25, -0.2) is 9.59 Å². The summed E-state index contributed by atoms with van der Waals surface area (Å²) in [5.74, 6) is 0. The summed E-state index contributed by atoms with van der Waals surface area (Å²) in [6.45, 7) is 6.61. The predicted octanol–water partition coefficient (Wildman–Crippen LogP) is 4.26. The molecule has 0 fully saturated rings. The van der Waals surface area contributed by atoms with E-state index in [9.17, 15) is 33.0 Å². The van der Waals surface area contributed by atoms with Crippen LogP contribution in [0.3, 0.4) is 0 Å². The zero-order chi connectivity index (χ0) is 20.3. The summed E-state index contributed by atoms with van der Waals surface area (Å²) in [6.07, 6.45) is -7.45. The smallest absolute Gasteiger partial charge is 0.416 e. The van der Waals surface area contributed by atoms with Gasteiger partial charge in [0.1, 0.15) is 0 Å². The molecular formula is C17H23F3N2O4. The lowest BCUT2D eigenvalue weighted by molar-refractivity contribution is -0.137. The van der Waals surface area contributed by atoms with Crippen LogP contribution >= 0.6 is 0 Å². The molecule has 0 bridgehead atoms. The van der Waals surface area contributed by atoms with Crippen molar-refractivity contribution in [3.8, 4) is 0 Å². The van der Waals surface area contributed by atoms with Crippen LogP contribution in [0.25, 0.3) is 0 Å². The molecule has 2 atom stereocenters. The summed E-state index contributed by atoms with van der Waals surface area (Å²) in [5, 5.41) is 23.1. The Bertz CT molecular complexity index is 671. The lowest BCUT2D eigenvalue weighted by atomic mass is 9.69. The SMILES string of the molecule is CCC(NC(=O)O)(c1cccc(C(F)(F)F)c1)C(NC(=O)O)C(C)(C)C. The summed E-state index contributed by atoms with van der Waals surface area (Å²) in [5.41, 5.74) is -3.30. The van der Waals surface area contributed by atoms with Gasteiger partial charge in [-0.15, -0.1) is 0 Å². The molecule has 26 heavy (non-hydrogen) atoms. The average molecular weight is 376 g/mol. The van der Waals surface area contributed by atoms with E-state index in [2.05, 4.69) is 10.6 Å². The van der Waals surface area contributed by atoms with Crippen LogP contribution < -0.4 is 10.6 Å². The molecule has 0 heterocycles. The second-order valence-corrected chi connectivity index (χ2v) is 7.08. The third kappa shape index (κ3) is 4.80. The number of benzene rings is 1. The van der Waals surface area contributed by atoms with Crippen LogP contribution in [0.15, 0.2) is 24.3 Å². The summed E-state index contributed by atoms with van der Waals surface area (Å²) >= 11 is 0. The largest absolute Gasteiger partial charge is 0.465 e. The van der Waals surface area contributed by atoms with Gasteiger partial charge in [0.15, 0.2) is 0 Å². The van der Waals surface area contributed by atoms with E-state index in [1.54, 1.807) is 27.7 Å². The van der Waals surface area contributed by atoms with Gasteiger partial charge in [-0.3, -0.25) is 0 Å². The lowest BCUT2D eigenvalue weighted by Crippen LogP contribution is -2.64. The quantitative estimate of drug-likeness (QED) is 0.617. The number of nitrogens with one attached hydrogen (secondary N) is 2. The number of alkyl halides is 3. The number of hydrogen-bond donors (Lipinski definition) is 4. The maximum absolute atomic E-state index is 13.1. The van der Waals surface area contributed by atoms with Crippen LogP contribution in [0, 0.1) is 5.41 Å². The molecule has 0 aliphatic carbocycles. The van der Waals surface area contributed by atoms with Crippen LogP contribution in [-0.2, 0) is 11.7 Å². The minimum atomic E-state index is -4.61. The zero-order valence-electron chi connectivity index (χ0n) is 14.9. The Morgan fingerprint density at radius 1 is 1.08 bits per heavy atom. The van der Waals surface area contributed by atoms with Gasteiger partial charge < -0.3 is 20.8 Å². The van der Waals surface area contributed by atoms with Gasteiger partial charge in [0, 0.05) is 0 Å². The van der Waals surface area contributed by atoms with Crippen LogP contribution in [0.4, 0.5) is 22.8 Å². The number of carboxylic acid groups (broad SMARTS) is 2. The van der Waals surface area contributed by atoms with Crippen LogP contribution in [0.1, 0.15) is 45.2 Å². The van der Waals surface area contributed by atoms with Crippen molar-refractivity contribution in [1.82, 2.24) is 10.6 Å². The molecule has 0 aromatic heterocycles. The molecule has 1 aromatic carbocycles. The first kappa shape index (κ1) is 21.6. The molecule has 0 aliphatic heterocycles. The summed E-state index contributed by atoms with van der Waals surface area (Å²) < 4.78 is 39.4. The maximum atomic E-state index is 13.1. The minimum absolute atomic E-state index is 0.0306. The monoisotopic (exact) mass is 376 g/mol. The first-order chi connectivity index (χ1) is 11.7. The van der Waals surface area contributed by atoms with Crippen molar-refractivity contribution in [3.05, 3.63) is 35.4 Å². The van der Waals surface area contributed by atoms with Crippen molar-refractivity contribution in [1.29, 1.82) is 0 Å². The number of hydrogen-bond acceptors (Lipinski definition) is 2. The van der Waals surface area contributed by atoms with Crippen molar-refractivity contribution in [2.24, 2.45) is 5.41 Å². The number of carbonyl (C=O) groups is 2. The van der Waals surface area contributed by atoms with Crippen LogP contribution in [0.2, 0.25) is 0 Å². The Kier molecular flexibility index (Phi) is 6.17. The summed E-state index contributed by atoms with van der Waals surface area (Å²) in [6, 6.07) is 3.23. The molecule has 6 nitrogen and oxygen atoms in total. The normalized spacial score (nSPS) is 15.7. The third-order valence-electron chi connectivity index (χ3n) is 4.22. The van der Waals surface area contributed by atoms with Gasteiger partial charge >= 0.3 is 18.4 Å². The second-order valence-electron chi connectivity index (χ2n) is 7.08. The van der Waals surface area contributed by atoms with Gasteiger partial charge in [-0.1, -0.05) is 39.8 Å². The first-order valence-electron chi connectivity index (χ1n) is 7.92. The molecular weight excluding hydrogens is 353 g/mol. The van der Waals surface area contributed by atoms with Gasteiger partial charge in [0.25, 0.3) is 0 Å². The number of rotatable bonds is 5. The molecule has 0 spiro atoms. The highest BCUT2D eigenvalue weighted by atomic mass is 19.4. The average Bonchev–Trinajstić information content (AvgIpc) is 2.48. The van der Waals surface area contributed by atoms with E-state index in [1.807, 2.05) is 0 Å². The van der Waals surface area contributed by atoms with Gasteiger partial charge in [0.2, 0.25) is 0 Å². The van der Waals surface area contributed by atoms with E-state index in [-0.39, 0.29) is 12.0 Å². The van der Waals surface area contributed by atoms with Crippen molar-refractivity contribution < 1.29 is 33.0 Å². The van der Waals surface area contributed by atoms with Crippen LogP contribution in [-0.4, -0.2) is 28.4 Å². The Hall–Kier alpha value is -2.45. The highest BCUT2D eigenvalue weighted by Crippen LogP contribution is 2.40. The van der Waals surface area contributed by atoms with Gasteiger partial charge in [0.05, 0.1) is 17.1 Å². The fraction of sp³-hybridized carbons (Fsp3) is 0.529. The fourth-order valence-corrected chi connectivity index (χ4v) is 3.17. The Labute approximate surface area is 149 Å².